The number of anilines is 1. The summed E-state index contributed by atoms with van der Waals surface area (Å²) in [5.74, 6) is -0.712. The summed E-state index contributed by atoms with van der Waals surface area (Å²) in [6, 6.07) is 2.22. The summed E-state index contributed by atoms with van der Waals surface area (Å²) in [4.78, 5) is 5.78. The first-order chi connectivity index (χ1) is 14.8. The summed E-state index contributed by atoms with van der Waals surface area (Å²) in [6.45, 7) is 3.43. The van der Waals surface area contributed by atoms with Gasteiger partial charge in [-0.3, -0.25) is 4.68 Å². The second kappa shape index (κ2) is 7.62. The predicted molar refractivity (Wildman–Crippen MR) is 104 cm³/mol. The average molecular weight is 463 g/mol. The third-order valence-corrected chi connectivity index (χ3v) is 6.46. The molecule has 0 bridgehead atoms. The molecular formula is C20H23F6N5O. The van der Waals surface area contributed by atoms with Crippen LogP contribution in [0.4, 0.5) is 32.2 Å². The number of alkyl halides is 6. The van der Waals surface area contributed by atoms with Crippen LogP contribution in [-0.4, -0.2) is 59.2 Å². The SMILES string of the molecule is COCCN1C[C@H]2[C@H](c3cc(-c4cnc(N)c(C(F)(F)F)c4)nn3CC(F)(F)F)C2(C)C1. The molecule has 3 atom stereocenters. The van der Waals surface area contributed by atoms with Crippen LogP contribution in [-0.2, 0) is 17.5 Å². The van der Waals surface area contributed by atoms with E-state index >= 15 is 0 Å². The summed E-state index contributed by atoms with van der Waals surface area (Å²) < 4.78 is 85.2. The first-order valence-corrected chi connectivity index (χ1v) is 10.0. The second-order valence-electron chi connectivity index (χ2n) is 8.70. The molecule has 1 saturated carbocycles. The zero-order valence-corrected chi connectivity index (χ0v) is 17.5. The largest absolute Gasteiger partial charge is 0.419 e. The number of aromatic nitrogens is 3. The van der Waals surface area contributed by atoms with Gasteiger partial charge in [-0.05, 0) is 23.5 Å². The number of hydrogen-bond acceptors (Lipinski definition) is 5. The molecule has 3 heterocycles. The Bertz CT molecular complexity index is 1000. The van der Waals surface area contributed by atoms with Crippen LogP contribution in [0.25, 0.3) is 11.3 Å². The van der Waals surface area contributed by atoms with E-state index in [4.69, 9.17) is 10.5 Å². The summed E-state index contributed by atoms with van der Waals surface area (Å²) in [5, 5.41) is 4.02. The number of nitrogens with zero attached hydrogens (tertiary/aromatic N) is 4. The topological polar surface area (TPSA) is 69.2 Å². The molecule has 176 valence electrons. The van der Waals surface area contributed by atoms with Gasteiger partial charge in [-0.25, -0.2) is 4.98 Å². The van der Waals surface area contributed by atoms with Gasteiger partial charge < -0.3 is 15.4 Å². The number of nitrogens with two attached hydrogens (primary N) is 1. The van der Waals surface area contributed by atoms with Gasteiger partial charge in [0.1, 0.15) is 12.4 Å². The lowest BCUT2D eigenvalue weighted by Crippen LogP contribution is -2.30. The highest BCUT2D eigenvalue weighted by Gasteiger charge is 2.67. The predicted octanol–water partition coefficient (Wildman–Crippen LogP) is 3.79. The molecule has 1 unspecified atom stereocenters. The van der Waals surface area contributed by atoms with Crippen LogP contribution in [0.5, 0.6) is 0 Å². The molecule has 2 fully saturated rings. The minimum atomic E-state index is -4.74. The highest BCUT2D eigenvalue weighted by atomic mass is 19.4. The van der Waals surface area contributed by atoms with E-state index in [-0.39, 0.29) is 28.5 Å². The Labute approximate surface area is 180 Å². The molecule has 0 amide bonds. The van der Waals surface area contributed by atoms with Gasteiger partial charge in [0, 0.05) is 50.1 Å². The van der Waals surface area contributed by atoms with Gasteiger partial charge in [0.2, 0.25) is 0 Å². The number of ether oxygens (including phenoxy) is 1. The molecule has 0 radical (unpaired) electrons. The quantitative estimate of drug-likeness (QED) is 0.661. The normalized spacial score (nSPS) is 25.9. The van der Waals surface area contributed by atoms with E-state index in [1.54, 1.807) is 7.11 Å². The van der Waals surface area contributed by atoms with Crippen molar-refractivity contribution in [3.63, 3.8) is 0 Å². The van der Waals surface area contributed by atoms with Crippen molar-refractivity contribution in [2.45, 2.75) is 31.7 Å². The standard InChI is InChI=1S/C20H23F6N5O/c1-18-9-30(3-4-32-2)8-13(18)16(18)15-6-14(29-31(15)10-19(21,22)23)11-5-12(20(24,25)26)17(27)28-7-11/h5-7,13,16H,3-4,8-10H2,1-2H3,(H2,27,28)/t13-,16+,18?/m0/s1. The molecule has 0 spiro atoms. The lowest BCUT2D eigenvalue weighted by Gasteiger charge is -2.22. The van der Waals surface area contributed by atoms with Crippen molar-refractivity contribution in [1.29, 1.82) is 0 Å². The molecule has 12 heteroatoms. The van der Waals surface area contributed by atoms with Crippen molar-refractivity contribution in [2.24, 2.45) is 11.3 Å². The van der Waals surface area contributed by atoms with Crippen molar-refractivity contribution in [2.75, 3.05) is 39.1 Å². The fourth-order valence-corrected chi connectivity index (χ4v) is 4.91. The van der Waals surface area contributed by atoms with E-state index in [9.17, 15) is 26.3 Å². The third kappa shape index (κ3) is 4.17. The van der Waals surface area contributed by atoms with Gasteiger partial charge in [-0.15, -0.1) is 0 Å². The van der Waals surface area contributed by atoms with Gasteiger partial charge in [0.15, 0.2) is 0 Å². The van der Waals surface area contributed by atoms with Crippen molar-refractivity contribution in [3.8, 4) is 11.3 Å². The van der Waals surface area contributed by atoms with E-state index in [0.717, 1.165) is 30.0 Å². The number of piperidine rings is 1. The molecule has 2 aromatic rings. The average Bonchev–Trinajstić information content (AvgIpc) is 2.95. The van der Waals surface area contributed by atoms with Crippen molar-refractivity contribution < 1.29 is 31.1 Å². The molecule has 32 heavy (non-hydrogen) atoms. The Hall–Kier alpha value is -2.34. The Morgan fingerprint density at radius 3 is 2.50 bits per heavy atom. The fraction of sp³-hybridized carbons (Fsp3) is 0.600. The summed E-state index contributed by atoms with van der Waals surface area (Å²) >= 11 is 0. The Kier molecular flexibility index (Phi) is 5.44. The minimum absolute atomic E-state index is 0.00654. The van der Waals surface area contributed by atoms with Crippen LogP contribution in [0, 0.1) is 11.3 Å². The van der Waals surface area contributed by atoms with Crippen molar-refractivity contribution >= 4 is 5.82 Å². The summed E-state index contributed by atoms with van der Waals surface area (Å²) in [6.07, 6.45) is -8.17. The van der Waals surface area contributed by atoms with Crippen molar-refractivity contribution in [3.05, 3.63) is 29.6 Å². The minimum Gasteiger partial charge on any atom is -0.383 e. The maximum atomic E-state index is 13.2. The van der Waals surface area contributed by atoms with Crippen LogP contribution in [0.1, 0.15) is 24.1 Å². The molecule has 6 nitrogen and oxygen atoms in total. The number of halogens is 6. The molecule has 1 saturated heterocycles. The smallest absolute Gasteiger partial charge is 0.383 e. The summed E-state index contributed by atoms with van der Waals surface area (Å²) in [7, 11) is 1.61. The number of rotatable bonds is 6. The molecule has 2 aliphatic rings. The van der Waals surface area contributed by atoms with Crippen LogP contribution in [0.2, 0.25) is 0 Å². The number of pyridine rings is 1. The van der Waals surface area contributed by atoms with Gasteiger partial charge in [-0.1, -0.05) is 6.92 Å². The Morgan fingerprint density at radius 1 is 1.22 bits per heavy atom. The monoisotopic (exact) mass is 463 g/mol. The third-order valence-electron chi connectivity index (χ3n) is 6.46. The highest BCUT2D eigenvalue weighted by molar-refractivity contribution is 5.63. The fourth-order valence-electron chi connectivity index (χ4n) is 4.91. The molecule has 4 rings (SSSR count). The molecule has 1 aliphatic heterocycles. The zero-order chi connectivity index (χ0) is 23.5. The van der Waals surface area contributed by atoms with E-state index < -0.39 is 30.3 Å². The number of likely N-dealkylation sites (tertiary alicyclic amines) is 1. The molecule has 2 aromatic heterocycles. The van der Waals surface area contributed by atoms with Crippen molar-refractivity contribution in [1.82, 2.24) is 19.7 Å². The van der Waals surface area contributed by atoms with Gasteiger partial charge >= 0.3 is 12.4 Å². The van der Waals surface area contributed by atoms with E-state index in [0.29, 0.717) is 18.8 Å². The van der Waals surface area contributed by atoms with E-state index in [1.165, 1.54) is 6.07 Å². The lowest BCUT2D eigenvalue weighted by molar-refractivity contribution is -0.143. The lowest BCUT2D eigenvalue weighted by atomic mass is 10.0. The van der Waals surface area contributed by atoms with Crippen LogP contribution in [0.15, 0.2) is 18.3 Å². The molecule has 1 aliphatic carbocycles. The molecule has 0 aromatic carbocycles. The number of hydrogen-bond donors (Lipinski definition) is 1. The number of methoxy groups -OCH3 is 1. The van der Waals surface area contributed by atoms with Crippen LogP contribution < -0.4 is 5.73 Å². The highest BCUT2D eigenvalue weighted by Crippen LogP contribution is 2.68. The van der Waals surface area contributed by atoms with E-state index in [2.05, 4.69) is 15.0 Å². The molecule has 2 N–H and O–H groups in total. The summed E-state index contributed by atoms with van der Waals surface area (Å²) in [5.41, 5.74) is 4.32. The number of nitrogen functional groups attached to an aromatic ring is 1. The first kappa shape index (κ1) is 22.8. The van der Waals surface area contributed by atoms with Crippen LogP contribution >= 0.6 is 0 Å². The maximum absolute atomic E-state index is 13.2. The van der Waals surface area contributed by atoms with E-state index in [1.807, 2.05) is 6.92 Å². The first-order valence-electron chi connectivity index (χ1n) is 10.0. The zero-order valence-electron chi connectivity index (χ0n) is 17.5. The Morgan fingerprint density at radius 2 is 1.94 bits per heavy atom. The van der Waals surface area contributed by atoms with Crippen LogP contribution in [0.3, 0.4) is 0 Å². The Balaban J connectivity index is 1.67. The van der Waals surface area contributed by atoms with Gasteiger partial charge in [0.25, 0.3) is 0 Å². The number of fused-ring (bicyclic) bond motifs is 1. The molecular weight excluding hydrogens is 440 g/mol. The maximum Gasteiger partial charge on any atom is 0.419 e. The van der Waals surface area contributed by atoms with Gasteiger partial charge in [0.05, 0.1) is 17.9 Å². The van der Waals surface area contributed by atoms with Gasteiger partial charge in [-0.2, -0.15) is 31.4 Å². The second-order valence-corrected chi connectivity index (χ2v) is 8.70.